The van der Waals surface area contributed by atoms with E-state index in [1.54, 1.807) is 4.57 Å². The Bertz CT molecular complexity index is 1030. The second-order valence-corrected chi connectivity index (χ2v) is 6.65. The molecule has 0 radical (unpaired) electrons. The molecule has 4 rings (SSSR count). The van der Waals surface area contributed by atoms with Crippen molar-refractivity contribution >= 4 is 22.9 Å². The number of imidazole rings is 1. The summed E-state index contributed by atoms with van der Waals surface area (Å²) in [7, 11) is 1.34. The quantitative estimate of drug-likeness (QED) is 0.673. The molecule has 2 aromatic carbocycles. The van der Waals surface area contributed by atoms with Gasteiger partial charge in [0.25, 0.3) is 0 Å². The standard InChI is InChI=1S/C20H18N2O3/c1-12-7-6-8-13-17(12)20(2,11-16(23)25-3)19(24)22-15-10-5-4-9-14(15)21-18(13)22/h4-10H,11H2,1-3H3. The van der Waals surface area contributed by atoms with E-state index in [0.29, 0.717) is 5.82 Å². The van der Waals surface area contributed by atoms with E-state index in [1.165, 1.54) is 7.11 Å². The third-order valence-corrected chi connectivity index (χ3v) is 5.03. The van der Waals surface area contributed by atoms with Gasteiger partial charge in [0.15, 0.2) is 0 Å². The summed E-state index contributed by atoms with van der Waals surface area (Å²) in [6.45, 7) is 3.77. The fraction of sp³-hybridized carbons (Fsp3) is 0.250. The summed E-state index contributed by atoms with van der Waals surface area (Å²) in [6.07, 6.45) is -0.00780. The van der Waals surface area contributed by atoms with Gasteiger partial charge in [-0.2, -0.15) is 0 Å². The van der Waals surface area contributed by atoms with Crippen LogP contribution in [-0.2, 0) is 14.9 Å². The van der Waals surface area contributed by atoms with Gasteiger partial charge in [-0.25, -0.2) is 4.98 Å². The molecule has 0 amide bonds. The van der Waals surface area contributed by atoms with Crippen LogP contribution >= 0.6 is 0 Å². The number of aryl methyl sites for hydroxylation is 1. The lowest BCUT2D eigenvalue weighted by molar-refractivity contribution is -0.141. The van der Waals surface area contributed by atoms with E-state index in [2.05, 4.69) is 4.98 Å². The number of nitrogens with zero attached hydrogens (tertiary/aromatic N) is 2. The number of benzene rings is 2. The molecule has 25 heavy (non-hydrogen) atoms. The minimum absolute atomic E-state index is 0.00780. The fourth-order valence-corrected chi connectivity index (χ4v) is 3.88. The molecular formula is C20H18N2O3. The minimum Gasteiger partial charge on any atom is -0.469 e. The average Bonchev–Trinajstić information content (AvgIpc) is 2.99. The van der Waals surface area contributed by atoms with Gasteiger partial charge < -0.3 is 4.74 Å². The Morgan fingerprint density at radius 1 is 1.20 bits per heavy atom. The molecule has 0 N–H and O–H groups in total. The number of carbonyl (C=O) groups excluding carboxylic acids is 2. The first-order chi connectivity index (χ1) is 12.0. The molecule has 3 aromatic rings. The Labute approximate surface area is 145 Å². The molecule has 0 bridgehead atoms. The van der Waals surface area contributed by atoms with E-state index in [1.807, 2.05) is 56.3 Å². The highest BCUT2D eigenvalue weighted by Gasteiger charge is 2.46. The number of hydrogen-bond acceptors (Lipinski definition) is 4. The Hall–Kier alpha value is -2.95. The number of fused-ring (bicyclic) bond motifs is 5. The molecule has 0 fully saturated rings. The highest BCUT2D eigenvalue weighted by Crippen LogP contribution is 2.44. The number of ether oxygens (including phenoxy) is 1. The maximum absolute atomic E-state index is 13.5. The van der Waals surface area contributed by atoms with Gasteiger partial charge in [-0.05, 0) is 37.1 Å². The van der Waals surface area contributed by atoms with Crippen molar-refractivity contribution in [2.24, 2.45) is 0 Å². The Kier molecular flexibility index (Phi) is 3.29. The van der Waals surface area contributed by atoms with Gasteiger partial charge in [0.05, 0.1) is 30.0 Å². The maximum Gasteiger partial charge on any atom is 0.306 e. The summed E-state index contributed by atoms with van der Waals surface area (Å²) in [5, 5.41) is 0. The third kappa shape index (κ3) is 2.05. The smallest absolute Gasteiger partial charge is 0.306 e. The van der Waals surface area contributed by atoms with E-state index in [4.69, 9.17) is 4.74 Å². The van der Waals surface area contributed by atoms with E-state index in [9.17, 15) is 9.59 Å². The van der Waals surface area contributed by atoms with Gasteiger partial charge in [0, 0.05) is 5.56 Å². The molecule has 0 saturated carbocycles. The summed E-state index contributed by atoms with van der Waals surface area (Å²) < 4.78 is 6.50. The summed E-state index contributed by atoms with van der Waals surface area (Å²) in [6, 6.07) is 13.4. The van der Waals surface area contributed by atoms with Gasteiger partial charge in [-0.1, -0.05) is 30.3 Å². The molecule has 1 atom stereocenters. The van der Waals surface area contributed by atoms with Crippen molar-refractivity contribution in [3.63, 3.8) is 0 Å². The van der Waals surface area contributed by atoms with Gasteiger partial charge in [0.1, 0.15) is 5.82 Å². The van der Waals surface area contributed by atoms with Crippen molar-refractivity contribution < 1.29 is 14.3 Å². The van der Waals surface area contributed by atoms with E-state index in [0.717, 1.165) is 27.7 Å². The van der Waals surface area contributed by atoms with Gasteiger partial charge in [0.2, 0.25) is 5.91 Å². The SMILES string of the molecule is COC(=O)CC1(C)C(=O)n2c(nc3ccccc32)-c2cccc(C)c21. The Morgan fingerprint density at radius 2 is 1.96 bits per heavy atom. The second-order valence-electron chi connectivity index (χ2n) is 6.65. The Balaban J connectivity index is 2.09. The number of esters is 1. The highest BCUT2D eigenvalue weighted by atomic mass is 16.5. The summed E-state index contributed by atoms with van der Waals surface area (Å²) in [4.78, 5) is 30.2. The highest BCUT2D eigenvalue weighted by molar-refractivity contribution is 6.06. The van der Waals surface area contributed by atoms with Crippen LogP contribution in [0.4, 0.5) is 0 Å². The lowest BCUT2D eigenvalue weighted by atomic mass is 9.72. The Morgan fingerprint density at radius 3 is 2.72 bits per heavy atom. The topological polar surface area (TPSA) is 61.2 Å². The van der Waals surface area contributed by atoms with Crippen LogP contribution in [0.1, 0.15) is 29.3 Å². The van der Waals surface area contributed by atoms with Crippen molar-refractivity contribution in [1.29, 1.82) is 0 Å². The van der Waals surface area contributed by atoms with Gasteiger partial charge >= 0.3 is 5.97 Å². The van der Waals surface area contributed by atoms with Crippen LogP contribution in [0, 0.1) is 6.92 Å². The van der Waals surface area contributed by atoms with Crippen molar-refractivity contribution in [2.75, 3.05) is 7.11 Å². The lowest BCUT2D eigenvalue weighted by Crippen LogP contribution is -2.43. The summed E-state index contributed by atoms with van der Waals surface area (Å²) in [5.41, 5.74) is 3.24. The molecule has 5 heteroatoms. The molecule has 0 spiro atoms. The van der Waals surface area contributed by atoms with Crippen molar-refractivity contribution in [3.05, 3.63) is 53.6 Å². The number of aromatic nitrogens is 2. The molecule has 1 aliphatic heterocycles. The normalized spacial score (nSPS) is 18.8. The van der Waals surface area contributed by atoms with E-state index in [-0.39, 0.29) is 12.3 Å². The van der Waals surface area contributed by atoms with Crippen molar-refractivity contribution in [1.82, 2.24) is 9.55 Å². The van der Waals surface area contributed by atoms with Crippen LogP contribution in [0.15, 0.2) is 42.5 Å². The van der Waals surface area contributed by atoms with E-state index >= 15 is 0 Å². The zero-order valence-corrected chi connectivity index (χ0v) is 14.4. The number of para-hydroxylation sites is 2. The summed E-state index contributed by atoms with van der Waals surface area (Å²) in [5.74, 6) is 0.0774. The summed E-state index contributed by atoms with van der Waals surface area (Å²) >= 11 is 0. The monoisotopic (exact) mass is 334 g/mol. The largest absolute Gasteiger partial charge is 0.469 e. The molecule has 1 unspecified atom stereocenters. The lowest BCUT2D eigenvalue weighted by Gasteiger charge is -2.35. The van der Waals surface area contributed by atoms with Gasteiger partial charge in [-0.3, -0.25) is 14.2 Å². The molecule has 5 nitrogen and oxygen atoms in total. The zero-order chi connectivity index (χ0) is 17.8. The van der Waals surface area contributed by atoms with Crippen LogP contribution in [0.25, 0.3) is 22.4 Å². The fourth-order valence-electron chi connectivity index (χ4n) is 3.88. The predicted octanol–water partition coefficient (Wildman–Crippen LogP) is 3.49. The molecule has 1 aliphatic rings. The van der Waals surface area contributed by atoms with Crippen LogP contribution in [0.3, 0.4) is 0 Å². The number of methoxy groups -OCH3 is 1. The van der Waals surface area contributed by atoms with Crippen LogP contribution in [0.5, 0.6) is 0 Å². The van der Waals surface area contributed by atoms with Crippen LogP contribution < -0.4 is 0 Å². The second kappa shape index (κ2) is 5.28. The number of carbonyl (C=O) groups is 2. The molecule has 0 saturated heterocycles. The first-order valence-electron chi connectivity index (χ1n) is 8.17. The number of rotatable bonds is 2. The molecule has 0 aliphatic carbocycles. The van der Waals surface area contributed by atoms with Crippen LogP contribution in [0.2, 0.25) is 0 Å². The molecular weight excluding hydrogens is 316 g/mol. The maximum atomic E-state index is 13.5. The first kappa shape index (κ1) is 15.6. The first-order valence-corrected chi connectivity index (χ1v) is 8.17. The molecule has 126 valence electrons. The van der Waals surface area contributed by atoms with Gasteiger partial charge in [-0.15, -0.1) is 0 Å². The minimum atomic E-state index is -0.996. The molecule has 1 aromatic heterocycles. The third-order valence-electron chi connectivity index (χ3n) is 5.03. The van der Waals surface area contributed by atoms with Crippen molar-refractivity contribution in [2.45, 2.75) is 25.7 Å². The van der Waals surface area contributed by atoms with E-state index < -0.39 is 11.4 Å². The number of hydrogen-bond donors (Lipinski definition) is 0. The predicted molar refractivity (Wildman–Crippen MR) is 94.5 cm³/mol. The zero-order valence-electron chi connectivity index (χ0n) is 14.4. The van der Waals surface area contributed by atoms with Crippen molar-refractivity contribution in [3.8, 4) is 11.4 Å². The average molecular weight is 334 g/mol. The van der Waals surface area contributed by atoms with Crippen LogP contribution in [-0.4, -0.2) is 28.5 Å². The molecule has 2 heterocycles.